The highest BCUT2D eigenvalue weighted by Gasteiger charge is 2.26. The number of amides is 3. The van der Waals surface area contributed by atoms with E-state index in [2.05, 4.69) is 28.6 Å². The first-order valence-corrected chi connectivity index (χ1v) is 7.85. The van der Waals surface area contributed by atoms with Gasteiger partial charge in [0.25, 0.3) is 0 Å². The van der Waals surface area contributed by atoms with Gasteiger partial charge in [-0.1, -0.05) is 0 Å². The van der Waals surface area contributed by atoms with E-state index in [1.54, 1.807) is 0 Å². The Bertz CT molecular complexity index is 542. The number of rotatable bonds is 10. The third-order valence-electron chi connectivity index (χ3n) is 3.03. The van der Waals surface area contributed by atoms with Gasteiger partial charge in [0.15, 0.2) is 0 Å². The first-order chi connectivity index (χ1) is 11.5. The van der Waals surface area contributed by atoms with Gasteiger partial charge in [0.05, 0.1) is 12.5 Å². The predicted molar refractivity (Wildman–Crippen MR) is 88.9 cm³/mol. The Morgan fingerprint density at radius 3 is 1.88 bits per heavy atom. The number of carboxylic acid groups (broad SMARTS) is 2. The molecule has 0 aromatic rings. The summed E-state index contributed by atoms with van der Waals surface area (Å²) in [7, 11) is 0. The third kappa shape index (κ3) is 8.35. The van der Waals surface area contributed by atoms with Crippen molar-refractivity contribution in [2.75, 3.05) is 5.75 Å². The maximum atomic E-state index is 12.0. The van der Waals surface area contributed by atoms with E-state index in [4.69, 9.17) is 15.9 Å². The zero-order valence-electron chi connectivity index (χ0n) is 13.7. The summed E-state index contributed by atoms with van der Waals surface area (Å²) in [6.07, 6.45) is -0.602. The van der Waals surface area contributed by atoms with E-state index >= 15 is 0 Å². The van der Waals surface area contributed by atoms with Crippen LogP contribution in [0.15, 0.2) is 0 Å². The average Bonchev–Trinajstić information content (AvgIpc) is 2.50. The molecule has 4 unspecified atom stereocenters. The van der Waals surface area contributed by atoms with Gasteiger partial charge in [-0.3, -0.25) is 24.0 Å². The van der Waals surface area contributed by atoms with Crippen molar-refractivity contribution in [3.8, 4) is 0 Å². The number of carbonyl (C=O) groups excluding carboxylic acids is 3. The van der Waals surface area contributed by atoms with Gasteiger partial charge in [-0.2, -0.15) is 12.6 Å². The Balaban J connectivity index is 4.66. The van der Waals surface area contributed by atoms with Crippen molar-refractivity contribution in [1.29, 1.82) is 0 Å². The molecule has 4 atom stereocenters. The van der Waals surface area contributed by atoms with Crippen molar-refractivity contribution in [3.63, 3.8) is 0 Å². The molecule has 0 aromatic carbocycles. The maximum absolute atomic E-state index is 12.0. The summed E-state index contributed by atoms with van der Waals surface area (Å²) in [5.74, 6) is -4.95. The molecular weight excluding hydrogens is 356 g/mol. The lowest BCUT2D eigenvalue weighted by Gasteiger charge is -2.21. The van der Waals surface area contributed by atoms with Gasteiger partial charge in [0.2, 0.25) is 17.7 Å². The van der Waals surface area contributed by atoms with Gasteiger partial charge in [-0.25, -0.2) is 0 Å². The predicted octanol–water partition coefficient (Wildman–Crippen LogP) is -2.70. The Labute approximate surface area is 149 Å². The smallest absolute Gasteiger partial charge is 0.325 e. The molecular formula is C13H22N4O7S. The van der Waals surface area contributed by atoms with Gasteiger partial charge < -0.3 is 31.9 Å². The minimum absolute atomic E-state index is 0.108. The lowest BCUT2D eigenvalue weighted by molar-refractivity contribution is -0.141. The van der Waals surface area contributed by atoms with Crippen LogP contribution in [0.25, 0.3) is 0 Å². The van der Waals surface area contributed by atoms with E-state index in [1.807, 2.05) is 0 Å². The zero-order valence-corrected chi connectivity index (χ0v) is 14.6. The average molecular weight is 378 g/mol. The number of hydrogen-bond donors (Lipinski definition) is 7. The van der Waals surface area contributed by atoms with Crippen LogP contribution in [0.3, 0.4) is 0 Å². The molecule has 0 saturated carbocycles. The lowest BCUT2D eigenvalue weighted by Crippen LogP contribution is -2.56. The Hall–Kier alpha value is -2.34. The molecule has 0 heterocycles. The van der Waals surface area contributed by atoms with Crippen molar-refractivity contribution in [2.24, 2.45) is 5.73 Å². The number of thiol groups is 1. The summed E-state index contributed by atoms with van der Waals surface area (Å²) in [6, 6.07) is -4.70. The normalized spacial score (nSPS) is 15.2. The fourth-order valence-corrected chi connectivity index (χ4v) is 1.79. The monoisotopic (exact) mass is 378 g/mol. The summed E-state index contributed by atoms with van der Waals surface area (Å²) in [6.45, 7) is 2.57. The highest BCUT2D eigenvalue weighted by molar-refractivity contribution is 7.80. The quantitative estimate of drug-likeness (QED) is 0.200. The van der Waals surface area contributed by atoms with Gasteiger partial charge in [0.1, 0.15) is 18.1 Å². The van der Waals surface area contributed by atoms with Crippen LogP contribution in [-0.2, 0) is 24.0 Å². The van der Waals surface area contributed by atoms with Crippen LogP contribution in [0.5, 0.6) is 0 Å². The van der Waals surface area contributed by atoms with Crippen molar-refractivity contribution in [1.82, 2.24) is 16.0 Å². The largest absolute Gasteiger partial charge is 0.481 e. The van der Waals surface area contributed by atoms with Crippen LogP contribution < -0.4 is 21.7 Å². The van der Waals surface area contributed by atoms with Crippen molar-refractivity contribution in [2.45, 2.75) is 44.4 Å². The first kappa shape index (κ1) is 22.7. The van der Waals surface area contributed by atoms with Gasteiger partial charge >= 0.3 is 11.9 Å². The molecule has 0 bridgehead atoms. The maximum Gasteiger partial charge on any atom is 0.325 e. The molecule has 0 aromatic heterocycles. The van der Waals surface area contributed by atoms with Crippen molar-refractivity contribution >= 4 is 42.3 Å². The fourth-order valence-electron chi connectivity index (χ4n) is 1.53. The number of carbonyl (C=O) groups is 5. The molecule has 3 amide bonds. The number of hydrogen-bond acceptors (Lipinski definition) is 7. The summed E-state index contributed by atoms with van der Waals surface area (Å²) < 4.78 is 0. The van der Waals surface area contributed by atoms with E-state index in [1.165, 1.54) is 13.8 Å². The van der Waals surface area contributed by atoms with Gasteiger partial charge in [-0.15, -0.1) is 0 Å². The third-order valence-corrected chi connectivity index (χ3v) is 3.39. The summed E-state index contributed by atoms with van der Waals surface area (Å²) in [5, 5.41) is 24.0. The van der Waals surface area contributed by atoms with Crippen LogP contribution in [0.1, 0.15) is 20.3 Å². The van der Waals surface area contributed by atoms with Crippen molar-refractivity contribution < 1.29 is 34.2 Å². The van der Waals surface area contributed by atoms with E-state index in [0.29, 0.717) is 0 Å². The van der Waals surface area contributed by atoms with E-state index in [9.17, 15) is 24.0 Å². The fraction of sp³-hybridized carbons (Fsp3) is 0.615. The second-order valence-corrected chi connectivity index (χ2v) is 5.61. The van der Waals surface area contributed by atoms with Crippen molar-refractivity contribution in [3.05, 3.63) is 0 Å². The number of nitrogens with two attached hydrogens (primary N) is 1. The standard InChI is InChI=1S/C13H22N4O7S/c1-5(15-11(21)7(14)3-9(18)19)10(20)17-8(4-25)12(22)16-6(2)13(23)24/h5-8,25H,3-4,14H2,1-2H3,(H,15,21)(H,16,22)(H,17,20)(H,18,19)(H,23,24). The van der Waals surface area contributed by atoms with E-state index in [-0.39, 0.29) is 5.75 Å². The molecule has 0 fully saturated rings. The molecule has 7 N–H and O–H groups in total. The van der Waals surface area contributed by atoms with Crippen LogP contribution in [0.2, 0.25) is 0 Å². The number of aliphatic carboxylic acids is 2. The Morgan fingerprint density at radius 1 is 0.920 bits per heavy atom. The molecule has 12 heteroatoms. The van der Waals surface area contributed by atoms with Gasteiger partial charge in [-0.05, 0) is 13.8 Å². The first-order valence-electron chi connectivity index (χ1n) is 7.21. The molecule has 0 spiro atoms. The highest BCUT2D eigenvalue weighted by Crippen LogP contribution is 1.95. The number of carboxylic acids is 2. The molecule has 11 nitrogen and oxygen atoms in total. The second-order valence-electron chi connectivity index (χ2n) is 5.25. The van der Waals surface area contributed by atoms with Crippen LogP contribution in [-0.4, -0.2) is 69.8 Å². The van der Waals surface area contributed by atoms with E-state index < -0.39 is 60.2 Å². The molecule has 25 heavy (non-hydrogen) atoms. The molecule has 0 aliphatic heterocycles. The minimum Gasteiger partial charge on any atom is -0.481 e. The molecule has 142 valence electrons. The molecule has 0 rings (SSSR count). The van der Waals surface area contributed by atoms with Crippen LogP contribution >= 0.6 is 12.6 Å². The summed E-state index contributed by atoms with van der Waals surface area (Å²) >= 11 is 3.92. The number of nitrogens with one attached hydrogen (secondary N) is 3. The summed E-state index contributed by atoms with van der Waals surface area (Å²) in [4.78, 5) is 56.8. The zero-order chi connectivity index (χ0) is 19.7. The van der Waals surface area contributed by atoms with Crippen LogP contribution in [0.4, 0.5) is 0 Å². The SMILES string of the molecule is CC(NC(=O)C(CS)NC(=O)C(C)NC(=O)C(N)CC(=O)O)C(=O)O. The molecule has 0 aliphatic carbocycles. The van der Waals surface area contributed by atoms with Gasteiger partial charge in [0, 0.05) is 5.75 Å². The molecule has 0 radical (unpaired) electrons. The highest BCUT2D eigenvalue weighted by atomic mass is 32.1. The van der Waals surface area contributed by atoms with Crippen LogP contribution in [0, 0.1) is 0 Å². The molecule has 0 aliphatic rings. The Morgan fingerprint density at radius 2 is 1.44 bits per heavy atom. The second kappa shape index (κ2) is 10.5. The summed E-state index contributed by atoms with van der Waals surface area (Å²) in [5.41, 5.74) is 5.37. The van der Waals surface area contributed by atoms with E-state index in [0.717, 1.165) is 0 Å². The Kier molecular flexibility index (Phi) is 9.53. The molecule has 0 saturated heterocycles. The minimum atomic E-state index is -1.33. The lowest BCUT2D eigenvalue weighted by atomic mass is 10.2. The topological polar surface area (TPSA) is 188 Å².